The number of esters is 2. The molecule has 0 amide bonds. The number of hydrogen-bond donors (Lipinski definition) is 0. The van der Waals surface area contributed by atoms with Gasteiger partial charge < -0.3 is 9.47 Å². The second kappa shape index (κ2) is 11.7. The topological polar surface area (TPSA) is 76.4 Å². The smallest absolute Gasteiger partial charge is 0.331 e. The molecular weight excluding hydrogens is 378 g/mol. The Hall–Kier alpha value is -2.35. The highest BCUT2D eigenvalue weighted by Crippen LogP contribution is 2.33. The Kier molecular flexibility index (Phi) is 9.36. The van der Waals surface area contributed by atoms with E-state index >= 15 is 0 Å². The van der Waals surface area contributed by atoms with Crippen LogP contribution in [0.1, 0.15) is 85.0 Å². The van der Waals surface area contributed by atoms with Gasteiger partial charge in [0.05, 0.1) is 12.0 Å². The van der Waals surface area contributed by atoms with E-state index in [0.717, 1.165) is 31.6 Å². The zero-order valence-electron chi connectivity index (χ0n) is 18.6. The minimum absolute atomic E-state index is 0.0321. The molecule has 0 bridgehead atoms. The number of hydrogen-bond acceptors (Lipinski definition) is 5. The molecule has 1 unspecified atom stereocenters. The fourth-order valence-corrected chi connectivity index (χ4v) is 3.81. The lowest BCUT2D eigenvalue weighted by atomic mass is 9.80. The zero-order chi connectivity index (χ0) is 22.0. The molecule has 1 atom stereocenters. The van der Waals surface area contributed by atoms with Gasteiger partial charge in [-0.1, -0.05) is 46.0 Å². The molecule has 1 aromatic carbocycles. The molecule has 2 rings (SSSR count). The van der Waals surface area contributed by atoms with Crippen molar-refractivity contribution >= 4 is 11.9 Å². The molecule has 5 heteroatoms. The third-order valence-electron chi connectivity index (χ3n) is 6.30. The lowest BCUT2D eigenvalue weighted by Gasteiger charge is -2.27. The van der Waals surface area contributed by atoms with Gasteiger partial charge >= 0.3 is 11.9 Å². The highest BCUT2D eigenvalue weighted by Gasteiger charge is 2.33. The van der Waals surface area contributed by atoms with Crippen LogP contribution in [0.5, 0.6) is 11.5 Å². The van der Waals surface area contributed by atoms with Crippen molar-refractivity contribution in [2.75, 3.05) is 0 Å². The van der Waals surface area contributed by atoms with Crippen LogP contribution in [0.3, 0.4) is 0 Å². The van der Waals surface area contributed by atoms with E-state index in [1.54, 1.807) is 38.1 Å². The largest absolute Gasteiger partial charge is 0.426 e. The van der Waals surface area contributed by atoms with Crippen molar-refractivity contribution in [2.45, 2.75) is 85.0 Å². The third kappa shape index (κ3) is 6.86. The van der Waals surface area contributed by atoms with E-state index in [4.69, 9.17) is 9.47 Å². The molecule has 1 saturated carbocycles. The van der Waals surface area contributed by atoms with Gasteiger partial charge in [0.15, 0.2) is 5.41 Å². The number of nitriles is 1. The van der Waals surface area contributed by atoms with Gasteiger partial charge in [-0.25, -0.2) is 4.79 Å². The van der Waals surface area contributed by atoms with Crippen molar-refractivity contribution in [1.82, 2.24) is 0 Å². The molecule has 1 fully saturated rings. The normalized spacial score (nSPS) is 20.6. The predicted octanol–water partition coefficient (Wildman–Crippen LogP) is 6.21. The number of carbonyl (C=O) groups excluding carboxylic acids is 2. The van der Waals surface area contributed by atoms with Crippen LogP contribution in [0.15, 0.2) is 24.3 Å². The van der Waals surface area contributed by atoms with Crippen molar-refractivity contribution in [2.24, 2.45) is 17.3 Å². The Bertz CT molecular complexity index is 729. The van der Waals surface area contributed by atoms with Crippen molar-refractivity contribution in [3.63, 3.8) is 0 Å². The number of benzene rings is 1. The van der Waals surface area contributed by atoms with E-state index in [2.05, 4.69) is 6.92 Å². The first-order valence-electron chi connectivity index (χ1n) is 11.4. The number of unbranched alkanes of at least 4 members (excludes halogenated alkanes) is 3. The van der Waals surface area contributed by atoms with Crippen LogP contribution in [-0.2, 0) is 9.59 Å². The van der Waals surface area contributed by atoms with Gasteiger partial charge in [0.1, 0.15) is 11.5 Å². The Morgan fingerprint density at radius 1 is 1.00 bits per heavy atom. The summed E-state index contributed by atoms with van der Waals surface area (Å²) in [5.74, 6) is 0.742. The maximum absolute atomic E-state index is 12.5. The second-order valence-electron chi connectivity index (χ2n) is 8.65. The van der Waals surface area contributed by atoms with Crippen LogP contribution in [0, 0.1) is 28.6 Å². The van der Waals surface area contributed by atoms with Crippen LogP contribution in [0.4, 0.5) is 0 Å². The van der Waals surface area contributed by atoms with E-state index in [1.165, 1.54) is 32.1 Å². The van der Waals surface area contributed by atoms with Gasteiger partial charge in [-0.2, -0.15) is 5.26 Å². The van der Waals surface area contributed by atoms with Crippen molar-refractivity contribution in [3.8, 4) is 17.6 Å². The minimum atomic E-state index is -1.17. The predicted molar refractivity (Wildman–Crippen MR) is 116 cm³/mol. The molecule has 0 spiro atoms. The second-order valence-corrected chi connectivity index (χ2v) is 8.65. The highest BCUT2D eigenvalue weighted by atomic mass is 16.5. The molecule has 30 heavy (non-hydrogen) atoms. The molecule has 1 aromatic rings. The Labute approximate surface area is 180 Å². The first-order valence-corrected chi connectivity index (χ1v) is 11.4. The lowest BCUT2D eigenvalue weighted by molar-refractivity contribution is -0.142. The summed E-state index contributed by atoms with van der Waals surface area (Å²) in [6.07, 6.45) is 10.9. The van der Waals surface area contributed by atoms with Gasteiger partial charge in [0.25, 0.3) is 0 Å². The standard InChI is InChI=1S/C25H35NO4/c1-4-6-7-8-9-19-10-12-20(13-11-19)23(27)29-21-14-16-22(17-15-21)30-24(28)25(3,5-2)18-26/h14-17,19-20H,4-13H2,1-3H3. The number of rotatable bonds is 10. The molecule has 1 aliphatic carbocycles. The fourth-order valence-electron chi connectivity index (χ4n) is 3.81. The molecular formula is C25H35NO4. The summed E-state index contributed by atoms with van der Waals surface area (Å²) in [7, 11) is 0. The first kappa shape index (κ1) is 23.9. The van der Waals surface area contributed by atoms with Gasteiger partial charge in [0.2, 0.25) is 0 Å². The van der Waals surface area contributed by atoms with Gasteiger partial charge in [-0.15, -0.1) is 0 Å². The molecule has 0 radical (unpaired) electrons. The summed E-state index contributed by atoms with van der Waals surface area (Å²) in [5.41, 5.74) is -1.17. The van der Waals surface area contributed by atoms with Gasteiger partial charge in [-0.3, -0.25) is 4.79 Å². The monoisotopic (exact) mass is 413 g/mol. The summed E-state index contributed by atoms with van der Waals surface area (Å²) in [4.78, 5) is 24.7. The average molecular weight is 414 g/mol. The van der Waals surface area contributed by atoms with Crippen LogP contribution >= 0.6 is 0 Å². The van der Waals surface area contributed by atoms with Crippen LogP contribution in [0.25, 0.3) is 0 Å². The number of ether oxygens (including phenoxy) is 2. The summed E-state index contributed by atoms with van der Waals surface area (Å²) in [5, 5.41) is 9.17. The summed E-state index contributed by atoms with van der Waals surface area (Å²) >= 11 is 0. The van der Waals surface area contributed by atoms with E-state index in [9.17, 15) is 14.9 Å². The quantitative estimate of drug-likeness (QED) is 0.259. The van der Waals surface area contributed by atoms with Crippen LogP contribution in [0.2, 0.25) is 0 Å². The third-order valence-corrected chi connectivity index (χ3v) is 6.30. The van der Waals surface area contributed by atoms with Crippen molar-refractivity contribution in [1.29, 1.82) is 5.26 Å². The molecule has 0 aromatic heterocycles. The maximum atomic E-state index is 12.5. The summed E-state index contributed by atoms with van der Waals surface area (Å²) < 4.78 is 10.8. The van der Waals surface area contributed by atoms with E-state index in [-0.39, 0.29) is 11.9 Å². The zero-order valence-corrected chi connectivity index (χ0v) is 18.6. The Morgan fingerprint density at radius 3 is 2.13 bits per heavy atom. The molecule has 0 heterocycles. The molecule has 1 aliphatic rings. The van der Waals surface area contributed by atoms with E-state index < -0.39 is 11.4 Å². The van der Waals surface area contributed by atoms with Gasteiger partial charge in [-0.05, 0) is 69.2 Å². The molecule has 0 aliphatic heterocycles. The summed E-state index contributed by atoms with van der Waals surface area (Å²) in [6.45, 7) is 5.56. The SMILES string of the molecule is CCCCCCC1CCC(C(=O)Oc2ccc(OC(=O)C(C)(C#N)CC)cc2)CC1. The maximum Gasteiger partial charge on any atom is 0.331 e. The number of carbonyl (C=O) groups is 2. The lowest BCUT2D eigenvalue weighted by Crippen LogP contribution is -2.29. The molecule has 0 saturated heterocycles. The molecule has 5 nitrogen and oxygen atoms in total. The average Bonchev–Trinajstić information content (AvgIpc) is 2.77. The Balaban J connectivity index is 1.79. The minimum Gasteiger partial charge on any atom is -0.426 e. The van der Waals surface area contributed by atoms with Crippen LogP contribution in [-0.4, -0.2) is 11.9 Å². The van der Waals surface area contributed by atoms with Crippen molar-refractivity contribution < 1.29 is 19.1 Å². The van der Waals surface area contributed by atoms with Crippen molar-refractivity contribution in [3.05, 3.63) is 24.3 Å². The summed E-state index contributed by atoms with van der Waals surface area (Å²) in [6, 6.07) is 8.41. The van der Waals surface area contributed by atoms with E-state index in [1.807, 2.05) is 6.07 Å². The molecule has 164 valence electrons. The Morgan fingerprint density at radius 2 is 1.60 bits per heavy atom. The number of nitrogens with zero attached hydrogens (tertiary/aromatic N) is 1. The molecule has 0 N–H and O–H groups in total. The first-order chi connectivity index (χ1) is 14.4. The van der Waals surface area contributed by atoms with E-state index in [0.29, 0.717) is 17.9 Å². The highest BCUT2D eigenvalue weighted by molar-refractivity contribution is 5.81. The van der Waals surface area contributed by atoms with Gasteiger partial charge in [0, 0.05) is 0 Å². The van der Waals surface area contributed by atoms with Crippen LogP contribution < -0.4 is 9.47 Å². The fraction of sp³-hybridized carbons (Fsp3) is 0.640.